The van der Waals surface area contributed by atoms with E-state index in [0.717, 1.165) is 11.1 Å². The number of hydrogen-bond acceptors (Lipinski definition) is 14. The van der Waals surface area contributed by atoms with E-state index in [0.29, 0.717) is 18.7 Å². The van der Waals surface area contributed by atoms with Crippen molar-refractivity contribution in [2.75, 3.05) is 59.0 Å². The zero-order valence-electron chi connectivity index (χ0n) is 29.6. The first-order valence-corrected chi connectivity index (χ1v) is 17.5. The standard InChI is InChI=1S/C32H46N10O10S/c1-41(2)16-20(53-17-22(29(47)36-14-25(45)46)37-23(43)9-8-21(33)30(48)49)12-24(44)35-13-18-4-6-19(7-5-18)15-42-28-26(38-32(42)50)27(34)39-31(40-28)52-11-10-51-3/h4-7,20-22H,8-17,33H2,1-3H3,(H,35,44)(H,36,47)(H,37,43)(H,38,50)(H,45,46)(H,48,49)(H2,34,39,40). The molecule has 2 aromatic heterocycles. The lowest BCUT2D eigenvalue weighted by Crippen LogP contribution is -2.50. The molecule has 0 fully saturated rings. The van der Waals surface area contributed by atoms with E-state index in [-0.39, 0.29) is 73.3 Å². The third-order valence-electron chi connectivity index (χ3n) is 7.55. The number of benzene rings is 1. The number of carbonyl (C=O) groups is 5. The number of carbonyl (C=O) groups excluding carboxylic acids is 3. The number of methoxy groups -OCH3 is 1. The molecule has 3 unspecified atom stereocenters. The second kappa shape index (κ2) is 20.7. The lowest BCUT2D eigenvalue weighted by atomic mass is 10.1. The van der Waals surface area contributed by atoms with E-state index in [1.807, 2.05) is 43.3 Å². The molecule has 0 saturated heterocycles. The van der Waals surface area contributed by atoms with Crippen molar-refractivity contribution in [1.29, 1.82) is 0 Å². The summed E-state index contributed by atoms with van der Waals surface area (Å²) in [7, 11) is 5.17. The number of carboxylic acids is 2. The number of aromatic nitrogens is 4. The number of rotatable bonds is 23. The molecule has 290 valence electrons. The minimum atomic E-state index is -1.27. The van der Waals surface area contributed by atoms with Gasteiger partial charge in [-0.1, -0.05) is 24.3 Å². The van der Waals surface area contributed by atoms with Gasteiger partial charge in [-0.2, -0.15) is 21.7 Å². The number of hydrogen-bond donors (Lipinski definition) is 8. The molecule has 53 heavy (non-hydrogen) atoms. The normalized spacial score (nSPS) is 12.9. The van der Waals surface area contributed by atoms with E-state index in [4.69, 9.17) is 31.2 Å². The zero-order chi connectivity index (χ0) is 39.1. The number of H-pyrrole nitrogens is 1. The second-order valence-corrected chi connectivity index (χ2v) is 13.5. The summed E-state index contributed by atoms with van der Waals surface area (Å²) in [6.45, 7) is 0.692. The van der Waals surface area contributed by atoms with Gasteiger partial charge >= 0.3 is 23.6 Å². The number of carboxylic acid groups (broad SMARTS) is 2. The number of nitrogens with two attached hydrogens (primary N) is 2. The molecule has 10 N–H and O–H groups in total. The number of nitrogen functional groups attached to an aromatic ring is 1. The minimum absolute atomic E-state index is 0.00964. The van der Waals surface area contributed by atoms with E-state index in [1.165, 1.54) is 23.4 Å². The highest BCUT2D eigenvalue weighted by Gasteiger charge is 2.25. The Hall–Kier alpha value is -5.25. The smallest absolute Gasteiger partial charge is 0.328 e. The molecule has 0 aliphatic rings. The van der Waals surface area contributed by atoms with Gasteiger partial charge in [-0.25, -0.2) is 4.79 Å². The molecule has 0 radical (unpaired) electrons. The summed E-state index contributed by atoms with van der Waals surface area (Å²) in [6, 6.07) is 4.87. The fourth-order valence-corrected chi connectivity index (χ4v) is 6.22. The quantitative estimate of drug-likeness (QED) is 0.0501. The van der Waals surface area contributed by atoms with Crippen molar-refractivity contribution in [2.24, 2.45) is 5.73 Å². The van der Waals surface area contributed by atoms with Crippen LogP contribution >= 0.6 is 11.8 Å². The highest BCUT2D eigenvalue weighted by atomic mass is 32.2. The van der Waals surface area contributed by atoms with Gasteiger partial charge in [-0.15, -0.1) is 0 Å². The molecule has 2 heterocycles. The number of imidazole rings is 1. The first kappa shape index (κ1) is 42.2. The summed E-state index contributed by atoms with van der Waals surface area (Å²) >= 11 is 1.25. The van der Waals surface area contributed by atoms with E-state index >= 15 is 0 Å². The van der Waals surface area contributed by atoms with Crippen LogP contribution in [0.2, 0.25) is 0 Å². The Kier molecular flexibility index (Phi) is 16.5. The molecule has 20 nitrogen and oxygen atoms in total. The highest BCUT2D eigenvalue weighted by Crippen LogP contribution is 2.20. The fourth-order valence-electron chi connectivity index (χ4n) is 4.84. The van der Waals surface area contributed by atoms with Crippen LogP contribution in [0.25, 0.3) is 11.2 Å². The molecule has 3 amide bonds. The minimum Gasteiger partial charge on any atom is -0.480 e. The lowest BCUT2D eigenvalue weighted by molar-refractivity contribution is -0.139. The summed E-state index contributed by atoms with van der Waals surface area (Å²) < 4.78 is 11.9. The van der Waals surface area contributed by atoms with Gasteiger partial charge in [-0.3, -0.25) is 28.5 Å². The van der Waals surface area contributed by atoms with Crippen molar-refractivity contribution < 1.29 is 43.7 Å². The second-order valence-electron chi connectivity index (χ2n) is 12.2. The third-order valence-corrected chi connectivity index (χ3v) is 8.86. The first-order chi connectivity index (χ1) is 25.2. The third kappa shape index (κ3) is 14.0. The van der Waals surface area contributed by atoms with Crippen molar-refractivity contribution >= 4 is 58.4 Å². The van der Waals surface area contributed by atoms with Gasteiger partial charge in [0.05, 0.1) is 13.2 Å². The predicted octanol–water partition coefficient (Wildman–Crippen LogP) is -1.68. The Labute approximate surface area is 308 Å². The van der Waals surface area contributed by atoms with Crippen LogP contribution in [0.1, 0.15) is 30.4 Å². The number of fused-ring (bicyclic) bond motifs is 1. The highest BCUT2D eigenvalue weighted by molar-refractivity contribution is 8.00. The molecule has 21 heteroatoms. The average Bonchev–Trinajstić information content (AvgIpc) is 3.41. The van der Waals surface area contributed by atoms with Crippen LogP contribution < -0.4 is 37.8 Å². The number of aromatic amines is 1. The van der Waals surface area contributed by atoms with Crippen molar-refractivity contribution in [3.63, 3.8) is 0 Å². The Morgan fingerprint density at radius 1 is 1.04 bits per heavy atom. The van der Waals surface area contributed by atoms with Crippen LogP contribution in [0.3, 0.4) is 0 Å². The number of nitrogens with one attached hydrogen (secondary N) is 4. The molecule has 3 aromatic rings. The first-order valence-electron chi connectivity index (χ1n) is 16.4. The van der Waals surface area contributed by atoms with Gasteiger partial charge in [0.1, 0.15) is 30.8 Å². The molecule has 3 rings (SSSR count). The Balaban J connectivity index is 1.60. The number of anilines is 1. The largest absolute Gasteiger partial charge is 0.480 e. The van der Waals surface area contributed by atoms with Gasteiger partial charge < -0.3 is 57.0 Å². The molecule has 0 bridgehead atoms. The Morgan fingerprint density at radius 2 is 1.74 bits per heavy atom. The van der Waals surface area contributed by atoms with Crippen molar-refractivity contribution in [2.45, 2.75) is 49.7 Å². The monoisotopic (exact) mass is 762 g/mol. The van der Waals surface area contributed by atoms with Crippen LogP contribution in [0.15, 0.2) is 29.1 Å². The lowest BCUT2D eigenvalue weighted by Gasteiger charge is -2.24. The number of aliphatic carboxylic acids is 2. The maximum absolute atomic E-state index is 13.0. The topological polar surface area (TPSA) is 299 Å². The predicted molar refractivity (Wildman–Crippen MR) is 194 cm³/mol. The zero-order valence-corrected chi connectivity index (χ0v) is 30.4. The summed E-state index contributed by atoms with van der Waals surface area (Å²) in [6.07, 6.45) is -0.355. The molecular formula is C32H46N10O10S. The molecule has 0 aliphatic heterocycles. The van der Waals surface area contributed by atoms with Gasteiger partial charge in [0, 0.05) is 44.0 Å². The van der Waals surface area contributed by atoms with E-state index in [1.54, 1.807) is 0 Å². The van der Waals surface area contributed by atoms with Gasteiger partial charge in [0.25, 0.3) is 0 Å². The molecule has 3 atom stereocenters. The van der Waals surface area contributed by atoms with Crippen molar-refractivity contribution in [3.8, 4) is 6.01 Å². The molecule has 1 aromatic carbocycles. The van der Waals surface area contributed by atoms with Crippen molar-refractivity contribution in [3.05, 3.63) is 45.9 Å². The SMILES string of the molecule is COCCOc1nc(N)c2[nH]c(=O)n(Cc3ccc(CNC(=O)CC(CN(C)C)SCC(NC(=O)CCC(N)C(=O)O)C(=O)NCC(=O)O)cc3)c2n1. The average molecular weight is 763 g/mol. The summed E-state index contributed by atoms with van der Waals surface area (Å²) in [5, 5.41) is 25.3. The number of thioether (sulfide) groups is 1. The van der Waals surface area contributed by atoms with Gasteiger partial charge in [0.2, 0.25) is 17.7 Å². The van der Waals surface area contributed by atoms with E-state index in [9.17, 15) is 28.8 Å². The maximum Gasteiger partial charge on any atom is 0.328 e. The fraction of sp³-hybridized carbons (Fsp3) is 0.500. The Bertz CT molecular complexity index is 1780. The van der Waals surface area contributed by atoms with Crippen molar-refractivity contribution in [1.82, 2.24) is 40.4 Å². The molecule has 0 aliphatic carbocycles. The van der Waals surface area contributed by atoms with Crippen LogP contribution in [0, 0.1) is 0 Å². The summed E-state index contributed by atoms with van der Waals surface area (Å²) in [5.74, 6) is -4.10. The van der Waals surface area contributed by atoms with E-state index in [2.05, 4.69) is 30.9 Å². The van der Waals surface area contributed by atoms with Crippen LogP contribution in [0.5, 0.6) is 6.01 Å². The number of amides is 3. The van der Waals surface area contributed by atoms with Crippen LogP contribution in [-0.4, -0.2) is 135 Å². The Morgan fingerprint density at radius 3 is 2.38 bits per heavy atom. The summed E-state index contributed by atoms with van der Waals surface area (Å²) in [4.78, 5) is 86.0. The van der Waals surface area contributed by atoms with Crippen LogP contribution in [0.4, 0.5) is 5.82 Å². The maximum atomic E-state index is 13.0. The van der Waals surface area contributed by atoms with Gasteiger partial charge in [-0.05, 0) is 31.6 Å². The molecular weight excluding hydrogens is 716 g/mol. The van der Waals surface area contributed by atoms with Crippen LogP contribution in [-0.2, 0) is 41.8 Å². The number of nitrogens with zero attached hydrogens (tertiary/aromatic N) is 4. The molecule has 0 saturated carbocycles. The van der Waals surface area contributed by atoms with E-state index < -0.39 is 48.1 Å². The molecule has 0 spiro atoms. The number of ether oxygens (including phenoxy) is 2. The summed E-state index contributed by atoms with van der Waals surface area (Å²) in [5.41, 5.74) is 13.2. The van der Waals surface area contributed by atoms with Gasteiger partial charge in [0.15, 0.2) is 11.5 Å².